The van der Waals surface area contributed by atoms with Crippen LogP contribution in [0.5, 0.6) is 0 Å². The number of hydrogen-bond acceptors (Lipinski definition) is 7. The molecule has 2 saturated heterocycles. The van der Waals surface area contributed by atoms with Gasteiger partial charge in [-0.2, -0.15) is 0 Å². The number of hydrogen-bond donors (Lipinski definition) is 5. The number of nitrogens with one attached hydrogen (secondary N) is 3. The molecule has 4 rings (SSSR count). The van der Waals surface area contributed by atoms with Gasteiger partial charge >= 0.3 is 6.03 Å². The molecule has 2 fully saturated rings. The van der Waals surface area contributed by atoms with Crippen LogP contribution in [0.25, 0.3) is 0 Å². The fourth-order valence-electron chi connectivity index (χ4n) is 4.45. The number of amides is 3. The van der Waals surface area contributed by atoms with Crippen LogP contribution in [0, 0.1) is 11.8 Å². The quantitative estimate of drug-likeness (QED) is 0.229. The highest BCUT2D eigenvalue weighted by atomic mass is 16.5. The molecule has 3 amide bonds. The fourth-order valence-corrected chi connectivity index (χ4v) is 4.45. The van der Waals surface area contributed by atoms with Crippen LogP contribution in [-0.2, 0) is 4.79 Å². The van der Waals surface area contributed by atoms with Gasteiger partial charge in [0.25, 0.3) is 5.91 Å². The molecule has 196 valence electrons. The molecule has 0 radical (unpaired) electrons. The molecule has 0 spiro atoms. The summed E-state index contributed by atoms with van der Waals surface area (Å²) in [4.78, 5) is 30.3. The van der Waals surface area contributed by atoms with Crippen molar-refractivity contribution in [2.45, 2.75) is 19.1 Å². The van der Waals surface area contributed by atoms with Crippen LogP contribution >= 0.6 is 0 Å². The van der Waals surface area contributed by atoms with Gasteiger partial charge in [-0.25, -0.2) is 10.3 Å². The lowest BCUT2D eigenvalue weighted by molar-refractivity contribution is -0.133. The summed E-state index contributed by atoms with van der Waals surface area (Å²) in [5.74, 6) is 5.60. The van der Waals surface area contributed by atoms with Crippen molar-refractivity contribution in [3.05, 3.63) is 59.7 Å². The topological polar surface area (TPSA) is 120 Å². The van der Waals surface area contributed by atoms with Crippen molar-refractivity contribution in [3.63, 3.8) is 0 Å². The van der Waals surface area contributed by atoms with Crippen molar-refractivity contribution < 1.29 is 19.9 Å². The van der Waals surface area contributed by atoms with Crippen molar-refractivity contribution >= 4 is 23.3 Å². The second kappa shape index (κ2) is 12.5. The van der Waals surface area contributed by atoms with Crippen LogP contribution < -0.4 is 25.9 Å². The summed E-state index contributed by atoms with van der Waals surface area (Å²) in [6.07, 6.45) is -1.14. The molecule has 0 saturated carbocycles. The van der Waals surface area contributed by atoms with Crippen molar-refractivity contribution in [2.24, 2.45) is 0 Å². The lowest BCUT2D eigenvalue weighted by atomic mass is 10.1. The minimum atomic E-state index is -1.23. The van der Waals surface area contributed by atoms with Gasteiger partial charge in [-0.15, -0.1) is 0 Å². The first-order valence-corrected chi connectivity index (χ1v) is 12.5. The normalized spacial score (nSPS) is 17.3. The van der Waals surface area contributed by atoms with Crippen molar-refractivity contribution in [1.29, 1.82) is 0 Å². The summed E-state index contributed by atoms with van der Waals surface area (Å²) in [5, 5.41) is 24.4. The molecule has 2 aromatic carbocycles. The molecule has 10 heteroatoms. The lowest BCUT2D eigenvalue weighted by Crippen LogP contribution is -2.58. The van der Waals surface area contributed by atoms with Gasteiger partial charge in [0.2, 0.25) is 0 Å². The molecule has 2 aliphatic heterocycles. The monoisotopic (exact) mass is 506 g/mol. The zero-order valence-corrected chi connectivity index (χ0v) is 21.0. The predicted molar refractivity (Wildman–Crippen MR) is 142 cm³/mol. The smallest absolute Gasteiger partial charge is 0.318 e. The third-order valence-electron chi connectivity index (χ3n) is 6.65. The van der Waals surface area contributed by atoms with Crippen molar-refractivity contribution in [1.82, 2.24) is 21.0 Å². The van der Waals surface area contributed by atoms with Crippen LogP contribution in [0.4, 0.5) is 16.2 Å². The maximum absolute atomic E-state index is 12.5. The van der Waals surface area contributed by atoms with E-state index in [0.717, 1.165) is 43.0 Å². The third kappa shape index (κ3) is 6.92. The van der Waals surface area contributed by atoms with Gasteiger partial charge in [0.15, 0.2) is 0 Å². The molecule has 0 aromatic heterocycles. The van der Waals surface area contributed by atoms with Gasteiger partial charge in [0.1, 0.15) is 6.04 Å². The first-order valence-electron chi connectivity index (χ1n) is 12.5. The number of hydroxylamine groups is 1. The van der Waals surface area contributed by atoms with E-state index in [2.05, 4.69) is 56.5 Å². The highest BCUT2D eigenvalue weighted by Crippen LogP contribution is 2.18. The SMILES string of the molecule is C[C@@H](O)[C@@H](NC(=O)N1CCN(c2ccc(C#Cc3ccc(N4CCNCC4)cc3)cc2)CC1)C(=O)NO. The molecule has 2 aromatic rings. The summed E-state index contributed by atoms with van der Waals surface area (Å²) in [5.41, 5.74) is 5.65. The van der Waals surface area contributed by atoms with Gasteiger partial charge in [0, 0.05) is 74.9 Å². The molecule has 0 aliphatic carbocycles. The highest BCUT2D eigenvalue weighted by molar-refractivity contribution is 5.87. The lowest BCUT2D eigenvalue weighted by Gasteiger charge is -2.36. The van der Waals surface area contributed by atoms with Crippen LogP contribution in [0.3, 0.4) is 0 Å². The van der Waals surface area contributed by atoms with Crippen molar-refractivity contribution in [3.8, 4) is 11.8 Å². The molecule has 2 aliphatic rings. The summed E-state index contributed by atoms with van der Waals surface area (Å²) >= 11 is 0. The molecular formula is C27H34N6O4. The minimum absolute atomic E-state index is 0.458. The number of nitrogens with zero attached hydrogens (tertiary/aromatic N) is 3. The van der Waals surface area contributed by atoms with Gasteiger partial charge in [-0.05, 0) is 55.5 Å². The van der Waals surface area contributed by atoms with Crippen LogP contribution in [-0.4, -0.2) is 91.7 Å². The van der Waals surface area contributed by atoms with E-state index in [0.29, 0.717) is 26.2 Å². The Balaban J connectivity index is 1.28. The van der Waals surface area contributed by atoms with Gasteiger partial charge < -0.3 is 30.4 Å². The summed E-state index contributed by atoms with van der Waals surface area (Å²) in [7, 11) is 0. The van der Waals surface area contributed by atoms with Gasteiger partial charge in [0.05, 0.1) is 6.10 Å². The Kier molecular flexibility index (Phi) is 8.85. The number of aliphatic hydroxyl groups is 1. The van der Waals surface area contributed by atoms with E-state index in [1.54, 1.807) is 4.90 Å². The van der Waals surface area contributed by atoms with E-state index in [4.69, 9.17) is 5.21 Å². The average Bonchev–Trinajstić information content (AvgIpc) is 2.95. The minimum Gasteiger partial charge on any atom is -0.391 e. The zero-order chi connectivity index (χ0) is 26.2. The Hall–Kier alpha value is -3.78. The average molecular weight is 507 g/mol. The zero-order valence-electron chi connectivity index (χ0n) is 21.0. The van der Waals surface area contributed by atoms with E-state index in [-0.39, 0.29) is 0 Å². The first kappa shape index (κ1) is 26.3. The second-order valence-electron chi connectivity index (χ2n) is 9.20. The maximum atomic E-state index is 12.5. The number of anilines is 2. The molecule has 2 atom stereocenters. The molecule has 0 unspecified atom stereocenters. The molecule has 0 bridgehead atoms. The number of carbonyl (C=O) groups excluding carboxylic acids is 2. The van der Waals surface area contributed by atoms with Gasteiger partial charge in [-0.3, -0.25) is 10.0 Å². The van der Waals surface area contributed by atoms with E-state index in [1.807, 2.05) is 24.3 Å². The Morgan fingerprint density at radius 2 is 1.32 bits per heavy atom. The van der Waals surface area contributed by atoms with Crippen LogP contribution in [0.1, 0.15) is 18.1 Å². The Morgan fingerprint density at radius 3 is 1.78 bits per heavy atom. The predicted octanol–water partition coefficient (Wildman–Crippen LogP) is 0.582. The van der Waals surface area contributed by atoms with Crippen molar-refractivity contribution in [2.75, 3.05) is 62.2 Å². The second-order valence-corrected chi connectivity index (χ2v) is 9.20. The Bertz CT molecular complexity index is 1110. The number of piperazine rings is 2. The molecule has 37 heavy (non-hydrogen) atoms. The summed E-state index contributed by atoms with van der Waals surface area (Å²) < 4.78 is 0. The molecule has 2 heterocycles. The summed E-state index contributed by atoms with van der Waals surface area (Å²) in [6, 6.07) is 14.8. The number of carbonyl (C=O) groups is 2. The van der Waals surface area contributed by atoms with Crippen LogP contribution in [0.15, 0.2) is 48.5 Å². The number of urea groups is 1. The van der Waals surface area contributed by atoms with E-state index in [1.165, 1.54) is 18.1 Å². The maximum Gasteiger partial charge on any atom is 0.318 e. The largest absolute Gasteiger partial charge is 0.391 e. The van der Waals surface area contributed by atoms with E-state index in [9.17, 15) is 14.7 Å². The number of aliphatic hydroxyl groups excluding tert-OH is 1. The summed E-state index contributed by atoms with van der Waals surface area (Å²) in [6.45, 7) is 7.62. The molecule has 5 N–H and O–H groups in total. The van der Waals surface area contributed by atoms with E-state index < -0.39 is 24.1 Å². The Labute approximate surface area is 217 Å². The molecular weight excluding hydrogens is 472 g/mol. The van der Waals surface area contributed by atoms with Gasteiger partial charge in [-0.1, -0.05) is 11.8 Å². The standard InChI is InChI=1S/C27H34N6O4/c1-20(34)25(26(35)30-37)29-27(36)33-18-16-32(17-19-33)24-10-6-22(7-11-24)3-2-21-4-8-23(9-5-21)31-14-12-28-13-15-31/h4-11,20,25,28,34,37H,12-19H2,1H3,(H,29,36)(H,30,35)/t20-,25-/m1/s1. The number of rotatable bonds is 5. The Morgan fingerprint density at radius 1 is 0.838 bits per heavy atom. The fraction of sp³-hybridized carbons (Fsp3) is 0.407. The van der Waals surface area contributed by atoms with E-state index >= 15 is 0 Å². The highest BCUT2D eigenvalue weighted by Gasteiger charge is 2.29. The first-order chi connectivity index (χ1) is 17.9. The molecule has 10 nitrogen and oxygen atoms in total. The van der Waals surface area contributed by atoms with Crippen LogP contribution in [0.2, 0.25) is 0 Å². The number of benzene rings is 2. The third-order valence-corrected chi connectivity index (χ3v) is 6.65.